The first-order valence-electron chi connectivity index (χ1n) is 26.5. The van der Waals surface area contributed by atoms with Crippen LogP contribution in [-0.2, 0) is 0 Å². The van der Waals surface area contributed by atoms with Gasteiger partial charge in [0.1, 0.15) is 23.1 Å². The fourth-order valence-electron chi connectivity index (χ4n) is 9.89. The summed E-state index contributed by atoms with van der Waals surface area (Å²) in [7, 11) is 11.7. The summed E-state index contributed by atoms with van der Waals surface area (Å²) in [5, 5.41) is 9.61. The highest BCUT2D eigenvalue weighted by molar-refractivity contribution is 5.94. The Labute approximate surface area is 420 Å². The topological polar surface area (TPSA) is 114 Å². The number of aromatic nitrogens is 4. The lowest BCUT2D eigenvalue weighted by molar-refractivity contribution is 0.177. The highest BCUT2D eigenvalue weighted by Gasteiger charge is 2.26. The van der Waals surface area contributed by atoms with Crippen molar-refractivity contribution in [3.63, 3.8) is 0 Å². The Balaban J connectivity index is 0.000000206. The summed E-state index contributed by atoms with van der Waals surface area (Å²) in [6, 6.07) is 10.3. The van der Waals surface area contributed by atoms with Gasteiger partial charge in [0.15, 0.2) is 0 Å². The normalized spacial score (nSPS) is 17.6. The molecular formula is C56H84N12O2. The molecule has 0 saturated carbocycles. The molecule has 2 aromatic heterocycles. The number of anilines is 4. The van der Waals surface area contributed by atoms with Crippen molar-refractivity contribution >= 4 is 45.3 Å². The van der Waals surface area contributed by atoms with E-state index in [2.05, 4.69) is 144 Å². The Bertz CT molecular complexity index is 2250. The van der Waals surface area contributed by atoms with Gasteiger partial charge in [-0.15, -0.1) is 0 Å². The SMILES string of the molecule is COc1cc2c(NC3CCN(C(C)C)CC3)nc(N3CCCCC3)nc2cc1C#CCCN(C)C.COc1cc2c(NC3CCN(C(C)C)CC3)nc(N3CCCCC3)nc2cc1C#CCCN(C)C. The fourth-order valence-corrected chi connectivity index (χ4v) is 9.89. The molecule has 4 aliphatic heterocycles. The molecule has 0 unspecified atom stereocenters. The van der Waals surface area contributed by atoms with E-state index in [1.807, 2.05) is 0 Å². The second kappa shape index (κ2) is 25.8. The fraction of sp³-hybridized carbons (Fsp3) is 0.643. The van der Waals surface area contributed by atoms with Crippen molar-refractivity contribution in [2.45, 2.75) is 129 Å². The minimum Gasteiger partial charge on any atom is -0.495 e. The highest BCUT2D eigenvalue weighted by Crippen LogP contribution is 2.34. The van der Waals surface area contributed by atoms with Gasteiger partial charge >= 0.3 is 0 Å². The molecule has 380 valence electrons. The van der Waals surface area contributed by atoms with Crippen molar-refractivity contribution in [2.24, 2.45) is 0 Å². The van der Waals surface area contributed by atoms with Crippen LogP contribution < -0.4 is 29.9 Å². The van der Waals surface area contributed by atoms with E-state index in [1.165, 1.54) is 38.5 Å². The largest absolute Gasteiger partial charge is 0.495 e. The van der Waals surface area contributed by atoms with Crippen molar-refractivity contribution in [2.75, 3.05) is 128 Å². The van der Waals surface area contributed by atoms with Crippen LogP contribution in [0.4, 0.5) is 23.5 Å². The van der Waals surface area contributed by atoms with Crippen LogP contribution in [-0.4, -0.2) is 172 Å². The van der Waals surface area contributed by atoms with Gasteiger partial charge in [0, 0.05) is 113 Å². The van der Waals surface area contributed by atoms with Crippen LogP contribution in [0, 0.1) is 23.7 Å². The van der Waals surface area contributed by atoms with Crippen molar-refractivity contribution < 1.29 is 9.47 Å². The van der Waals surface area contributed by atoms with E-state index in [1.54, 1.807) is 14.2 Å². The lowest BCUT2D eigenvalue weighted by Gasteiger charge is -2.35. The molecule has 4 aliphatic rings. The first-order chi connectivity index (χ1) is 33.9. The quantitative estimate of drug-likeness (QED) is 0.118. The van der Waals surface area contributed by atoms with Gasteiger partial charge in [0.05, 0.1) is 36.4 Å². The summed E-state index contributed by atoms with van der Waals surface area (Å²) >= 11 is 0. The number of nitrogens with one attached hydrogen (secondary N) is 2. The Hall–Kier alpha value is -5.12. The molecule has 4 saturated heterocycles. The van der Waals surface area contributed by atoms with Gasteiger partial charge in [-0.05, 0) is 144 Å². The molecule has 70 heavy (non-hydrogen) atoms. The molecule has 14 heteroatoms. The van der Waals surface area contributed by atoms with Crippen LogP contribution in [0.15, 0.2) is 24.3 Å². The molecule has 0 atom stereocenters. The minimum absolute atomic E-state index is 0.411. The Kier molecular flexibility index (Phi) is 19.4. The Morgan fingerprint density at radius 3 is 1.24 bits per heavy atom. The van der Waals surface area contributed by atoms with E-state index in [-0.39, 0.29) is 0 Å². The molecule has 14 nitrogen and oxygen atoms in total. The predicted molar refractivity (Wildman–Crippen MR) is 291 cm³/mol. The first-order valence-corrected chi connectivity index (χ1v) is 26.5. The summed E-state index contributed by atoms with van der Waals surface area (Å²) in [6.07, 6.45) is 13.5. The van der Waals surface area contributed by atoms with Crippen LogP contribution in [0.5, 0.6) is 11.5 Å². The maximum atomic E-state index is 5.75. The second-order valence-corrected chi connectivity index (χ2v) is 20.8. The van der Waals surface area contributed by atoms with Gasteiger partial charge in [0.25, 0.3) is 0 Å². The smallest absolute Gasteiger partial charge is 0.227 e. The van der Waals surface area contributed by atoms with E-state index in [4.69, 9.17) is 29.4 Å². The first kappa shape index (κ1) is 52.7. The van der Waals surface area contributed by atoms with Crippen molar-refractivity contribution in [3.05, 3.63) is 35.4 Å². The van der Waals surface area contributed by atoms with E-state index in [0.29, 0.717) is 24.2 Å². The molecule has 4 aromatic rings. The van der Waals surface area contributed by atoms with Crippen LogP contribution in [0.1, 0.15) is 116 Å². The minimum atomic E-state index is 0.411. The number of ether oxygens (including phenoxy) is 2. The molecule has 6 heterocycles. The molecular weight excluding hydrogens is 873 g/mol. The predicted octanol–water partition coefficient (Wildman–Crippen LogP) is 8.43. The van der Waals surface area contributed by atoms with Gasteiger partial charge < -0.3 is 49.5 Å². The highest BCUT2D eigenvalue weighted by atomic mass is 16.5. The monoisotopic (exact) mass is 957 g/mol. The molecule has 0 aliphatic carbocycles. The van der Waals surface area contributed by atoms with Gasteiger partial charge in [-0.1, -0.05) is 23.7 Å². The number of nitrogens with zero attached hydrogens (tertiary/aromatic N) is 10. The molecule has 2 N–H and O–H groups in total. The molecule has 4 fully saturated rings. The Morgan fingerprint density at radius 2 is 0.914 bits per heavy atom. The average Bonchev–Trinajstić information content (AvgIpc) is 3.37. The number of piperidine rings is 4. The summed E-state index contributed by atoms with van der Waals surface area (Å²) in [6.45, 7) is 19.6. The zero-order valence-corrected chi connectivity index (χ0v) is 44.5. The van der Waals surface area contributed by atoms with E-state index < -0.39 is 0 Å². The Morgan fingerprint density at radius 1 is 0.543 bits per heavy atom. The number of rotatable bonds is 14. The molecule has 0 bridgehead atoms. The molecule has 0 spiro atoms. The van der Waals surface area contributed by atoms with Crippen molar-refractivity contribution in [3.8, 4) is 35.2 Å². The number of fused-ring (bicyclic) bond motifs is 2. The summed E-state index contributed by atoms with van der Waals surface area (Å²) in [4.78, 5) is 34.2. The summed E-state index contributed by atoms with van der Waals surface area (Å²) in [5.41, 5.74) is 3.64. The number of benzene rings is 2. The third-order valence-electron chi connectivity index (χ3n) is 14.3. The van der Waals surface area contributed by atoms with E-state index in [9.17, 15) is 0 Å². The van der Waals surface area contributed by atoms with Crippen molar-refractivity contribution in [1.82, 2.24) is 39.5 Å². The number of hydrogen-bond acceptors (Lipinski definition) is 14. The molecule has 0 radical (unpaired) electrons. The molecule has 0 amide bonds. The maximum Gasteiger partial charge on any atom is 0.227 e. The van der Waals surface area contributed by atoms with Gasteiger partial charge in [-0.25, -0.2) is 9.97 Å². The standard InChI is InChI=1S/2C28H42N6O/c2*1-21(2)33-17-12-23(13-18-33)29-27-24-20-26(35-5)22(11-7-10-14-32(3)4)19-25(24)30-28(31-27)34-15-8-6-9-16-34/h2*19-21,23H,6,8-10,12-18H2,1-5H3,(H,29,30,31). The zero-order chi connectivity index (χ0) is 49.6. The number of methoxy groups -OCH3 is 2. The molecule has 8 rings (SSSR count). The summed E-state index contributed by atoms with van der Waals surface area (Å²) in [5.74, 6) is 18.3. The third-order valence-corrected chi connectivity index (χ3v) is 14.3. The maximum absolute atomic E-state index is 5.75. The van der Waals surface area contributed by atoms with Crippen LogP contribution in [0.3, 0.4) is 0 Å². The van der Waals surface area contributed by atoms with E-state index >= 15 is 0 Å². The number of likely N-dealkylation sites (tertiary alicyclic amines) is 2. The van der Waals surface area contributed by atoms with Crippen LogP contribution in [0.25, 0.3) is 21.8 Å². The third kappa shape index (κ3) is 14.5. The van der Waals surface area contributed by atoms with Gasteiger partial charge in [-0.2, -0.15) is 9.97 Å². The lowest BCUT2D eigenvalue weighted by Crippen LogP contribution is -2.42. The second-order valence-electron chi connectivity index (χ2n) is 20.8. The summed E-state index contributed by atoms with van der Waals surface area (Å²) < 4.78 is 11.5. The van der Waals surface area contributed by atoms with Gasteiger partial charge in [0.2, 0.25) is 11.9 Å². The molecule has 2 aromatic carbocycles. The van der Waals surface area contributed by atoms with Crippen molar-refractivity contribution in [1.29, 1.82) is 0 Å². The lowest BCUT2D eigenvalue weighted by atomic mass is 10.0. The van der Waals surface area contributed by atoms with E-state index in [0.717, 1.165) is 172 Å². The number of hydrogen-bond donors (Lipinski definition) is 2. The average molecular weight is 957 g/mol. The zero-order valence-electron chi connectivity index (χ0n) is 44.5. The van der Waals surface area contributed by atoms with Gasteiger partial charge in [-0.3, -0.25) is 0 Å². The van der Waals surface area contributed by atoms with Crippen LogP contribution >= 0.6 is 0 Å². The van der Waals surface area contributed by atoms with Crippen LogP contribution in [0.2, 0.25) is 0 Å².